The van der Waals surface area contributed by atoms with Crippen LogP contribution in [0.2, 0.25) is 0 Å². The number of anilines is 2. The lowest BCUT2D eigenvalue weighted by molar-refractivity contribution is -0.123. The quantitative estimate of drug-likeness (QED) is 0.0416. The molecule has 0 saturated heterocycles. The van der Waals surface area contributed by atoms with Crippen molar-refractivity contribution in [3.63, 3.8) is 0 Å². The number of halogens is 2. The maximum Gasteiger partial charge on any atom is 0.251 e. The molecule has 14 heteroatoms. The number of nitrogens with two attached hydrogens (primary N) is 1. The zero-order valence-corrected chi connectivity index (χ0v) is 27.9. The molecular weight excluding hydrogens is 644 g/mol. The number of nitrogens with zero attached hydrogens (tertiary/aromatic N) is 6. The van der Waals surface area contributed by atoms with E-state index in [0.717, 1.165) is 29.2 Å². The van der Waals surface area contributed by atoms with Crippen LogP contribution in [0, 0.1) is 11.6 Å². The smallest absolute Gasteiger partial charge is 0.251 e. The molecule has 0 radical (unpaired) electrons. The van der Waals surface area contributed by atoms with E-state index in [1.807, 2.05) is 67.5 Å². The molecule has 0 aromatic heterocycles. The standard InChI is InChI=1S/C36H39F2N9O3/c1-47(2)30-15-13-28(14-16-30)44-43-27-11-9-26(10-12-27)41-19-17-24-20-31(37)35(32(38)21-24)50-23-34(48)33(8-3-4-18-39)42-36(49)25-6-5-7-29(22-25)45-46-40/h5-7,9-16,20-22,33,41H,3-4,8,17-19,23,39H2,1-2H3,(H,42,49)/t33-/m0/s1. The van der Waals surface area contributed by atoms with Gasteiger partial charge in [0.15, 0.2) is 23.2 Å². The highest BCUT2D eigenvalue weighted by molar-refractivity contribution is 5.98. The average molecular weight is 684 g/mol. The molecule has 50 heavy (non-hydrogen) atoms. The number of ether oxygens (including phenoxy) is 1. The van der Waals surface area contributed by atoms with Gasteiger partial charge in [-0.1, -0.05) is 17.2 Å². The van der Waals surface area contributed by atoms with E-state index in [2.05, 4.69) is 30.9 Å². The first-order valence-electron chi connectivity index (χ1n) is 16.0. The molecule has 0 bridgehead atoms. The Hall–Kier alpha value is -5.85. The zero-order chi connectivity index (χ0) is 35.9. The van der Waals surface area contributed by atoms with Gasteiger partial charge in [0, 0.05) is 48.2 Å². The second-order valence-electron chi connectivity index (χ2n) is 11.5. The van der Waals surface area contributed by atoms with Crippen molar-refractivity contribution in [1.82, 2.24) is 5.32 Å². The predicted molar refractivity (Wildman–Crippen MR) is 190 cm³/mol. The molecule has 4 aromatic carbocycles. The molecule has 0 unspecified atom stereocenters. The molecule has 0 aliphatic heterocycles. The van der Waals surface area contributed by atoms with E-state index in [0.29, 0.717) is 43.6 Å². The van der Waals surface area contributed by atoms with Gasteiger partial charge in [-0.3, -0.25) is 9.59 Å². The monoisotopic (exact) mass is 683 g/mol. The minimum atomic E-state index is -0.994. The average Bonchev–Trinajstić information content (AvgIpc) is 3.11. The number of azo groups is 1. The van der Waals surface area contributed by atoms with Crippen molar-refractivity contribution < 1.29 is 23.1 Å². The zero-order valence-electron chi connectivity index (χ0n) is 27.9. The molecule has 0 heterocycles. The van der Waals surface area contributed by atoms with Crippen LogP contribution in [-0.4, -0.2) is 51.5 Å². The molecule has 4 N–H and O–H groups in total. The maximum absolute atomic E-state index is 15.0. The van der Waals surface area contributed by atoms with Crippen LogP contribution >= 0.6 is 0 Å². The van der Waals surface area contributed by atoms with E-state index < -0.39 is 41.7 Å². The molecule has 1 atom stereocenters. The summed E-state index contributed by atoms with van der Waals surface area (Å²) in [6, 6.07) is 22.3. The van der Waals surface area contributed by atoms with E-state index in [-0.39, 0.29) is 17.7 Å². The Labute approximate surface area is 289 Å². The minimum absolute atomic E-state index is 0.177. The lowest BCUT2D eigenvalue weighted by Crippen LogP contribution is -2.43. The van der Waals surface area contributed by atoms with E-state index >= 15 is 0 Å². The summed E-state index contributed by atoms with van der Waals surface area (Å²) in [7, 11) is 3.93. The van der Waals surface area contributed by atoms with Crippen LogP contribution in [0.25, 0.3) is 10.4 Å². The van der Waals surface area contributed by atoms with Gasteiger partial charge in [0.1, 0.15) is 6.61 Å². The van der Waals surface area contributed by atoms with Crippen molar-refractivity contribution >= 4 is 40.1 Å². The van der Waals surface area contributed by atoms with E-state index in [1.165, 1.54) is 24.3 Å². The van der Waals surface area contributed by atoms with E-state index in [4.69, 9.17) is 16.0 Å². The van der Waals surface area contributed by atoms with Crippen molar-refractivity contribution in [1.29, 1.82) is 0 Å². The van der Waals surface area contributed by atoms with E-state index in [9.17, 15) is 18.4 Å². The highest BCUT2D eigenvalue weighted by atomic mass is 19.1. The van der Waals surface area contributed by atoms with Gasteiger partial charge in [0.25, 0.3) is 5.91 Å². The molecule has 0 spiro atoms. The Morgan fingerprint density at radius 2 is 1.58 bits per heavy atom. The number of hydrogen-bond donors (Lipinski definition) is 3. The topological polar surface area (TPSA) is 170 Å². The number of benzene rings is 4. The van der Waals surface area contributed by atoms with Crippen LogP contribution in [0.1, 0.15) is 35.2 Å². The fourth-order valence-corrected chi connectivity index (χ4v) is 4.88. The van der Waals surface area contributed by atoms with Crippen molar-refractivity contribution in [2.75, 3.05) is 44.0 Å². The number of nitrogens with one attached hydrogen (secondary N) is 2. The van der Waals surface area contributed by atoms with Crippen LogP contribution in [0.5, 0.6) is 5.75 Å². The summed E-state index contributed by atoms with van der Waals surface area (Å²) >= 11 is 0. The van der Waals surface area contributed by atoms with Gasteiger partial charge in [0.05, 0.1) is 17.4 Å². The summed E-state index contributed by atoms with van der Waals surface area (Å²) in [6.45, 7) is 0.122. The number of rotatable bonds is 18. The molecule has 1 amide bonds. The highest BCUT2D eigenvalue weighted by Gasteiger charge is 2.23. The predicted octanol–water partition coefficient (Wildman–Crippen LogP) is 7.92. The van der Waals surface area contributed by atoms with Gasteiger partial charge >= 0.3 is 0 Å². The van der Waals surface area contributed by atoms with Crippen LogP contribution in [0.4, 0.5) is 37.2 Å². The number of unbranched alkanes of at least 4 members (excludes halogenated alkanes) is 1. The number of Topliss-reactive ketones (excluding diaryl/α,β-unsaturated/α-hetero) is 1. The third-order valence-corrected chi connectivity index (χ3v) is 7.58. The molecule has 0 saturated carbocycles. The lowest BCUT2D eigenvalue weighted by Gasteiger charge is -2.18. The third-order valence-electron chi connectivity index (χ3n) is 7.58. The molecular formula is C36H39F2N9O3. The van der Waals surface area contributed by atoms with Crippen molar-refractivity contribution in [2.45, 2.75) is 31.7 Å². The third kappa shape index (κ3) is 11.1. The summed E-state index contributed by atoms with van der Waals surface area (Å²) in [4.78, 5) is 30.6. The summed E-state index contributed by atoms with van der Waals surface area (Å²) < 4.78 is 35.2. The minimum Gasteiger partial charge on any atom is -0.480 e. The molecule has 0 aliphatic carbocycles. The first-order chi connectivity index (χ1) is 24.2. The number of ketones is 1. The van der Waals surface area contributed by atoms with Gasteiger partial charge in [-0.25, -0.2) is 8.78 Å². The Balaban J connectivity index is 1.29. The van der Waals surface area contributed by atoms with Gasteiger partial charge in [-0.15, -0.1) is 0 Å². The number of carbonyl (C=O) groups excluding carboxylic acids is 2. The fraction of sp³-hybridized carbons (Fsp3) is 0.278. The number of amides is 1. The molecule has 4 rings (SSSR count). The molecule has 260 valence electrons. The largest absolute Gasteiger partial charge is 0.480 e. The van der Waals surface area contributed by atoms with Crippen LogP contribution < -0.4 is 26.0 Å². The van der Waals surface area contributed by atoms with Gasteiger partial charge in [-0.2, -0.15) is 10.2 Å². The summed E-state index contributed by atoms with van der Waals surface area (Å²) in [6.07, 6.45) is 1.69. The number of carbonyl (C=O) groups is 2. The van der Waals surface area contributed by atoms with Crippen molar-refractivity contribution in [2.24, 2.45) is 21.1 Å². The SMILES string of the molecule is CN(C)c1ccc(N=Nc2ccc(NCCc3cc(F)c(OCC(=O)[C@H](CCCCN)NC(=O)c4cccc(N=[N+]=[N-])c4)c(F)c3)cc2)cc1. The lowest BCUT2D eigenvalue weighted by atomic mass is 10.0. The molecule has 0 fully saturated rings. The Morgan fingerprint density at radius 3 is 2.20 bits per heavy atom. The first kappa shape index (κ1) is 37.0. The summed E-state index contributed by atoms with van der Waals surface area (Å²) in [5.41, 5.74) is 18.3. The molecule has 0 aliphatic rings. The van der Waals surface area contributed by atoms with Crippen LogP contribution in [-0.2, 0) is 11.2 Å². The first-order valence-corrected chi connectivity index (χ1v) is 16.0. The maximum atomic E-state index is 15.0. The van der Waals surface area contributed by atoms with Crippen LogP contribution in [0.3, 0.4) is 0 Å². The van der Waals surface area contributed by atoms with E-state index in [1.54, 1.807) is 0 Å². The second kappa shape index (κ2) is 18.6. The summed E-state index contributed by atoms with van der Waals surface area (Å²) in [5.74, 6) is -3.72. The van der Waals surface area contributed by atoms with Gasteiger partial charge in [-0.05, 0) is 116 Å². The van der Waals surface area contributed by atoms with Gasteiger partial charge < -0.3 is 26.0 Å². The number of azide groups is 1. The van der Waals surface area contributed by atoms with Crippen LogP contribution in [0.15, 0.2) is 100 Å². The molecule has 4 aromatic rings. The molecule has 12 nitrogen and oxygen atoms in total. The van der Waals surface area contributed by atoms with Crippen molar-refractivity contribution in [3.8, 4) is 5.75 Å². The Morgan fingerprint density at radius 1 is 0.920 bits per heavy atom. The Bertz CT molecular complexity index is 1800. The second-order valence-corrected chi connectivity index (χ2v) is 11.5. The van der Waals surface area contributed by atoms with Gasteiger partial charge in [0.2, 0.25) is 0 Å². The fourth-order valence-electron chi connectivity index (χ4n) is 4.88. The number of hydrogen-bond acceptors (Lipinski definition) is 9. The van der Waals surface area contributed by atoms with Crippen molar-refractivity contribution in [3.05, 3.63) is 118 Å². The Kier molecular flexibility index (Phi) is 13.8. The normalized spacial score (nSPS) is 11.5. The highest BCUT2D eigenvalue weighted by Crippen LogP contribution is 2.25. The summed E-state index contributed by atoms with van der Waals surface area (Å²) in [5, 5.41) is 17.9.